The van der Waals surface area contributed by atoms with Gasteiger partial charge in [0.2, 0.25) is 0 Å². The van der Waals surface area contributed by atoms with Crippen molar-refractivity contribution in [2.75, 3.05) is 13.7 Å². The van der Waals surface area contributed by atoms with Gasteiger partial charge in [-0.2, -0.15) is 0 Å². The van der Waals surface area contributed by atoms with E-state index in [9.17, 15) is 0 Å². The Hall–Kier alpha value is -2.66. The molecule has 0 aliphatic heterocycles. The van der Waals surface area contributed by atoms with Gasteiger partial charge in [0.25, 0.3) is 0 Å². The topological polar surface area (TPSA) is 51.4 Å². The third-order valence-electron chi connectivity index (χ3n) is 4.21. The highest BCUT2D eigenvalue weighted by molar-refractivity contribution is 5.58. The zero-order valence-electron chi connectivity index (χ0n) is 14.8. The summed E-state index contributed by atoms with van der Waals surface area (Å²) < 4.78 is 11.5. The van der Waals surface area contributed by atoms with Gasteiger partial charge in [-0.3, -0.25) is 4.90 Å². The van der Waals surface area contributed by atoms with E-state index in [1.54, 1.807) is 12.5 Å². The molecule has 5 heteroatoms. The first-order chi connectivity index (χ1) is 12.2. The molecule has 0 N–H and O–H groups in total. The standard InChI is InChI=1S/C20H23N3O2/c1-4-24-17-7-5-16(6-8-17)20-10-9-18(25-20)13-23(3)15(2)19-11-12-21-14-22-19/h5-12,14-15H,4,13H2,1-3H3/t15-/m1/s1. The molecular formula is C20H23N3O2. The van der Waals surface area contributed by atoms with Crippen LogP contribution in [0.15, 0.2) is 59.4 Å². The lowest BCUT2D eigenvalue weighted by molar-refractivity contribution is 0.229. The second kappa shape index (κ2) is 7.94. The molecule has 0 aliphatic rings. The molecule has 1 aromatic carbocycles. The number of furan rings is 1. The molecule has 0 amide bonds. The van der Waals surface area contributed by atoms with E-state index in [1.807, 2.05) is 49.4 Å². The van der Waals surface area contributed by atoms with Crippen LogP contribution in [0.4, 0.5) is 0 Å². The minimum atomic E-state index is 0.182. The van der Waals surface area contributed by atoms with Crippen LogP contribution in [0.25, 0.3) is 11.3 Å². The summed E-state index contributed by atoms with van der Waals surface area (Å²) in [7, 11) is 2.06. The van der Waals surface area contributed by atoms with Crippen LogP contribution in [0.1, 0.15) is 31.3 Å². The molecule has 25 heavy (non-hydrogen) atoms. The monoisotopic (exact) mass is 337 g/mol. The van der Waals surface area contributed by atoms with Gasteiger partial charge in [0.05, 0.1) is 18.8 Å². The number of hydrogen-bond donors (Lipinski definition) is 0. The van der Waals surface area contributed by atoms with Gasteiger partial charge in [0.15, 0.2) is 0 Å². The molecule has 0 radical (unpaired) electrons. The van der Waals surface area contributed by atoms with Crippen LogP contribution in [0, 0.1) is 0 Å². The SMILES string of the molecule is CCOc1ccc(-c2ccc(CN(C)[C@H](C)c3ccncn3)o2)cc1. The van der Waals surface area contributed by atoms with E-state index in [-0.39, 0.29) is 6.04 Å². The van der Waals surface area contributed by atoms with E-state index in [0.717, 1.165) is 28.5 Å². The Morgan fingerprint density at radius 1 is 1.12 bits per heavy atom. The predicted molar refractivity (Wildman–Crippen MR) is 97.2 cm³/mol. The quantitative estimate of drug-likeness (QED) is 0.642. The molecule has 1 atom stereocenters. The maximum Gasteiger partial charge on any atom is 0.134 e. The Labute approximate surface area is 148 Å². The number of aromatic nitrogens is 2. The Morgan fingerprint density at radius 3 is 2.60 bits per heavy atom. The highest BCUT2D eigenvalue weighted by atomic mass is 16.5. The van der Waals surface area contributed by atoms with Gasteiger partial charge < -0.3 is 9.15 Å². The Balaban J connectivity index is 1.67. The molecule has 3 aromatic rings. The van der Waals surface area contributed by atoms with Gasteiger partial charge in [-0.05, 0) is 63.4 Å². The van der Waals surface area contributed by atoms with Gasteiger partial charge >= 0.3 is 0 Å². The average molecular weight is 337 g/mol. The summed E-state index contributed by atoms with van der Waals surface area (Å²) in [6, 6.07) is 14.1. The van der Waals surface area contributed by atoms with Gasteiger partial charge in [-0.25, -0.2) is 9.97 Å². The van der Waals surface area contributed by atoms with Crippen LogP contribution in [-0.4, -0.2) is 28.5 Å². The molecule has 2 aromatic heterocycles. The molecular weight excluding hydrogens is 314 g/mol. The van der Waals surface area contributed by atoms with Gasteiger partial charge in [0.1, 0.15) is 23.6 Å². The van der Waals surface area contributed by atoms with Crippen LogP contribution in [0.2, 0.25) is 0 Å². The number of nitrogens with zero attached hydrogens (tertiary/aromatic N) is 3. The smallest absolute Gasteiger partial charge is 0.134 e. The predicted octanol–water partition coefficient (Wildman–Crippen LogP) is 4.33. The minimum Gasteiger partial charge on any atom is -0.494 e. The summed E-state index contributed by atoms with van der Waals surface area (Å²) in [5, 5.41) is 0. The molecule has 0 aliphatic carbocycles. The van der Waals surface area contributed by atoms with Crippen molar-refractivity contribution in [2.24, 2.45) is 0 Å². The highest BCUT2D eigenvalue weighted by Gasteiger charge is 2.15. The molecule has 0 bridgehead atoms. The maximum atomic E-state index is 6.01. The molecule has 5 nitrogen and oxygen atoms in total. The van der Waals surface area contributed by atoms with Crippen molar-refractivity contribution in [2.45, 2.75) is 26.4 Å². The summed E-state index contributed by atoms with van der Waals surface area (Å²) in [4.78, 5) is 10.5. The van der Waals surface area contributed by atoms with Gasteiger partial charge in [0, 0.05) is 17.8 Å². The summed E-state index contributed by atoms with van der Waals surface area (Å²) in [5.74, 6) is 2.66. The zero-order chi connectivity index (χ0) is 17.6. The lowest BCUT2D eigenvalue weighted by atomic mass is 10.2. The van der Waals surface area contributed by atoms with Crippen molar-refractivity contribution in [3.05, 3.63) is 66.4 Å². The molecule has 3 rings (SSSR count). The van der Waals surface area contributed by atoms with Crippen molar-refractivity contribution in [1.82, 2.24) is 14.9 Å². The van der Waals surface area contributed by atoms with Crippen LogP contribution >= 0.6 is 0 Å². The van der Waals surface area contributed by atoms with Crippen molar-refractivity contribution in [3.8, 4) is 17.1 Å². The molecule has 0 fully saturated rings. The Morgan fingerprint density at radius 2 is 1.92 bits per heavy atom. The number of hydrogen-bond acceptors (Lipinski definition) is 5. The largest absolute Gasteiger partial charge is 0.494 e. The van der Waals surface area contributed by atoms with E-state index in [4.69, 9.17) is 9.15 Å². The lowest BCUT2D eigenvalue weighted by Crippen LogP contribution is -2.22. The van der Waals surface area contributed by atoms with Crippen molar-refractivity contribution in [1.29, 1.82) is 0 Å². The van der Waals surface area contributed by atoms with E-state index >= 15 is 0 Å². The van der Waals surface area contributed by atoms with Crippen molar-refractivity contribution >= 4 is 0 Å². The normalized spacial score (nSPS) is 12.3. The van der Waals surface area contributed by atoms with Crippen molar-refractivity contribution in [3.63, 3.8) is 0 Å². The number of rotatable bonds is 7. The third-order valence-corrected chi connectivity index (χ3v) is 4.21. The van der Waals surface area contributed by atoms with E-state index in [1.165, 1.54) is 0 Å². The second-order valence-electron chi connectivity index (χ2n) is 5.95. The fourth-order valence-corrected chi connectivity index (χ4v) is 2.66. The van der Waals surface area contributed by atoms with Gasteiger partial charge in [-0.15, -0.1) is 0 Å². The van der Waals surface area contributed by atoms with Crippen LogP contribution in [-0.2, 0) is 6.54 Å². The average Bonchev–Trinajstić information content (AvgIpc) is 3.11. The summed E-state index contributed by atoms with van der Waals surface area (Å²) in [5.41, 5.74) is 2.04. The van der Waals surface area contributed by atoms with Gasteiger partial charge in [-0.1, -0.05) is 0 Å². The fraction of sp³-hybridized carbons (Fsp3) is 0.300. The first-order valence-corrected chi connectivity index (χ1v) is 8.45. The van der Waals surface area contributed by atoms with Crippen LogP contribution < -0.4 is 4.74 Å². The Kier molecular flexibility index (Phi) is 5.46. The summed E-state index contributed by atoms with van der Waals surface area (Å²) in [6.45, 7) is 5.48. The number of ether oxygens (including phenoxy) is 1. The lowest BCUT2D eigenvalue weighted by Gasteiger charge is -2.22. The van der Waals surface area contributed by atoms with Crippen molar-refractivity contribution < 1.29 is 9.15 Å². The Bertz CT molecular complexity index is 784. The number of benzene rings is 1. The molecule has 0 spiro atoms. The van der Waals surface area contributed by atoms with E-state index < -0.39 is 0 Å². The first-order valence-electron chi connectivity index (χ1n) is 8.45. The molecule has 0 unspecified atom stereocenters. The summed E-state index contributed by atoms with van der Waals surface area (Å²) >= 11 is 0. The molecule has 130 valence electrons. The highest BCUT2D eigenvalue weighted by Crippen LogP contribution is 2.26. The minimum absolute atomic E-state index is 0.182. The molecule has 0 saturated carbocycles. The van der Waals surface area contributed by atoms with Crippen LogP contribution in [0.3, 0.4) is 0 Å². The maximum absolute atomic E-state index is 6.01. The van der Waals surface area contributed by atoms with Crippen LogP contribution in [0.5, 0.6) is 5.75 Å². The first kappa shape index (κ1) is 17.2. The zero-order valence-corrected chi connectivity index (χ0v) is 14.8. The third kappa shape index (κ3) is 4.25. The summed E-state index contributed by atoms with van der Waals surface area (Å²) in [6.07, 6.45) is 3.35. The van der Waals surface area contributed by atoms with E-state index in [2.05, 4.69) is 28.8 Å². The molecule has 2 heterocycles. The van der Waals surface area contributed by atoms with E-state index in [0.29, 0.717) is 13.2 Å². The molecule has 0 saturated heterocycles. The fourth-order valence-electron chi connectivity index (χ4n) is 2.66. The second-order valence-corrected chi connectivity index (χ2v) is 5.95.